The molecule has 1 fully saturated rings. The van der Waals surface area contributed by atoms with E-state index in [1.165, 1.54) is 17.0 Å². The molecule has 0 bridgehead atoms. The van der Waals surface area contributed by atoms with Crippen molar-refractivity contribution in [3.63, 3.8) is 0 Å². The molecule has 1 saturated heterocycles. The van der Waals surface area contributed by atoms with Gasteiger partial charge in [0, 0.05) is 5.56 Å². The Balaban J connectivity index is 1.98. The molecule has 3 rings (SSSR count). The van der Waals surface area contributed by atoms with Crippen LogP contribution in [0.25, 0.3) is 6.08 Å². The monoisotopic (exact) mass is 441 g/mol. The smallest absolute Gasteiger partial charge is 0.335 e. The molecule has 2 aromatic rings. The lowest BCUT2D eigenvalue weighted by atomic mass is 10.0. The lowest BCUT2D eigenvalue weighted by molar-refractivity contribution is -0.113. The number of allylic oxidation sites excluding steroid dienone is 1. The number of carboxylic acid groups (broad SMARTS) is 1. The molecule has 1 amide bonds. The van der Waals surface area contributed by atoms with Gasteiger partial charge in [-0.3, -0.25) is 9.69 Å². The second-order valence-corrected chi connectivity index (χ2v) is 8.00. The molecule has 0 aliphatic carbocycles. The second kappa shape index (κ2) is 9.15. The van der Waals surface area contributed by atoms with E-state index in [4.69, 9.17) is 17.0 Å². The molecule has 30 heavy (non-hydrogen) atoms. The number of hydrogen-bond donors (Lipinski definition) is 2. The van der Waals surface area contributed by atoms with Gasteiger partial charge in [-0.2, -0.15) is 0 Å². The van der Waals surface area contributed by atoms with Gasteiger partial charge in [0.1, 0.15) is 0 Å². The molecule has 0 aromatic heterocycles. The molecule has 0 unspecified atom stereocenters. The minimum Gasteiger partial charge on any atom is -0.504 e. The van der Waals surface area contributed by atoms with Gasteiger partial charge in [-0.25, -0.2) is 4.79 Å². The number of carbonyl (C=O) groups is 2. The summed E-state index contributed by atoms with van der Waals surface area (Å²) < 4.78 is 5.81. The number of amides is 1. The van der Waals surface area contributed by atoms with E-state index in [0.717, 1.165) is 11.8 Å². The molecule has 1 aliphatic rings. The molecule has 154 valence electrons. The van der Waals surface area contributed by atoms with Crippen molar-refractivity contribution >= 4 is 51.9 Å². The predicted molar refractivity (Wildman–Crippen MR) is 122 cm³/mol. The van der Waals surface area contributed by atoms with Gasteiger partial charge in [0.15, 0.2) is 15.8 Å². The number of aromatic carboxylic acids is 1. The molecule has 8 heteroatoms. The minimum absolute atomic E-state index is 0.0481. The SMILES string of the molecule is C=CCc1cc(/C=C2\SC(=S)N(c3cccc(C(=O)O)c3)C2=O)cc(OCC)c1O. The van der Waals surface area contributed by atoms with E-state index in [1.807, 2.05) is 6.92 Å². The summed E-state index contributed by atoms with van der Waals surface area (Å²) in [5.41, 5.74) is 1.77. The molecule has 1 aliphatic heterocycles. The zero-order chi connectivity index (χ0) is 21.8. The van der Waals surface area contributed by atoms with E-state index < -0.39 is 5.97 Å². The Bertz CT molecular complexity index is 1080. The van der Waals surface area contributed by atoms with Crippen molar-refractivity contribution in [3.8, 4) is 11.5 Å². The van der Waals surface area contributed by atoms with Crippen molar-refractivity contribution in [1.82, 2.24) is 0 Å². The first kappa shape index (κ1) is 21.6. The molecule has 0 atom stereocenters. The Kier molecular flexibility index (Phi) is 6.59. The molecule has 0 spiro atoms. The number of phenolic OH excluding ortho intramolecular Hbond substituents is 1. The van der Waals surface area contributed by atoms with E-state index in [-0.39, 0.29) is 17.2 Å². The number of phenols is 1. The Hall–Kier alpha value is -3.10. The van der Waals surface area contributed by atoms with Gasteiger partial charge < -0.3 is 14.9 Å². The van der Waals surface area contributed by atoms with Gasteiger partial charge in [-0.15, -0.1) is 6.58 Å². The predicted octanol–water partition coefficient (Wildman–Crippen LogP) is 4.62. The number of rotatable bonds is 7. The number of thiocarbonyl (C=S) groups is 1. The average molecular weight is 442 g/mol. The summed E-state index contributed by atoms with van der Waals surface area (Å²) in [6.45, 7) is 5.90. The molecule has 2 N–H and O–H groups in total. The summed E-state index contributed by atoms with van der Waals surface area (Å²) in [5.74, 6) is -1.05. The van der Waals surface area contributed by atoms with Gasteiger partial charge in [-0.05, 0) is 55.3 Å². The van der Waals surface area contributed by atoms with E-state index >= 15 is 0 Å². The van der Waals surface area contributed by atoms with Crippen molar-refractivity contribution < 1.29 is 24.5 Å². The number of thioether (sulfide) groups is 1. The zero-order valence-electron chi connectivity index (χ0n) is 16.1. The summed E-state index contributed by atoms with van der Waals surface area (Å²) in [5, 5.41) is 19.5. The summed E-state index contributed by atoms with van der Waals surface area (Å²) in [4.78, 5) is 25.9. The van der Waals surface area contributed by atoms with Crippen molar-refractivity contribution in [2.24, 2.45) is 0 Å². The van der Waals surface area contributed by atoms with Crippen molar-refractivity contribution in [1.29, 1.82) is 0 Å². The van der Waals surface area contributed by atoms with Crippen LogP contribution < -0.4 is 9.64 Å². The van der Waals surface area contributed by atoms with Crippen molar-refractivity contribution in [2.45, 2.75) is 13.3 Å². The van der Waals surface area contributed by atoms with Gasteiger partial charge >= 0.3 is 5.97 Å². The van der Waals surface area contributed by atoms with Crippen LogP contribution in [0.5, 0.6) is 11.5 Å². The number of anilines is 1. The van der Waals surface area contributed by atoms with Crippen LogP contribution in [0, 0.1) is 0 Å². The Morgan fingerprint density at radius 1 is 1.33 bits per heavy atom. The third-order valence-electron chi connectivity index (χ3n) is 4.28. The Morgan fingerprint density at radius 3 is 2.77 bits per heavy atom. The van der Waals surface area contributed by atoms with E-state index in [9.17, 15) is 19.8 Å². The first-order chi connectivity index (χ1) is 14.3. The maximum atomic E-state index is 13.0. The van der Waals surface area contributed by atoms with Crippen LogP contribution in [0.3, 0.4) is 0 Å². The highest BCUT2D eigenvalue weighted by Gasteiger charge is 2.33. The summed E-state index contributed by atoms with van der Waals surface area (Å²) in [7, 11) is 0. The number of nitrogens with zero attached hydrogens (tertiary/aromatic N) is 1. The molecule has 1 heterocycles. The number of hydrogen-bond acceptors (Lipinski definition) is 6. The third kappa shape index (κ3) is 4.39. The highest BCUT2D eigenvalue weighted by atomic mass is 32.2. The normalized spacial score (nSPS) is 15.0. The molecule has 0 radical (unpaired) electrons. The molecule has 0 saturated carbocycles. The van der Waals surface area contributed by atoms with E-state index in [1.54, 1.807) is 36.4 Å². The lowest BCUT2D eigenvalue weighted by Crippen LogP contribution is -2.27. The number of carboxylic acids is 1. The second-order valence-electron chi connectivity index (χ2n) is 6.33. The van der Waals surface area contributed by atoms with Crippen molar-refractivity contribution in [3.05, 3.63) is 70.6 Å². The standard InChI is InChI=1S/C22H19NO5S2/c1-3-6-14-9-13(10-17(19(14)24)28-4-2)11-18-20(25)23(22(29)30-18)16-8-5-7-15(12-16)21(26)27/h3,5,7-12,24H,1,4,6H2,2H3,(H,26,27)/b18-11-. The third-order valence-corrected chi connectivity index (χ3v) is 5.59. The number of ether oxygens (including phenoxy) is 1. The van der Waals surface area contributed by atoms with Crippen LogP contribution in [0.2, 0.25) is 0 Å². The number of benzene rings is 2. The van der Waals surface area contributed by atoms with Gasteiger partial charge in [0.25, 0.3) is 5.91 Å². The zero-order valence-corrected chi connectivity index (χ0v) is 17.8. The largest absolute Gasteiger partial charge is 0.504 e. The maximum absolute atomic E-state index is 13.0. The molecule has 6 nitrogen and oxygen atoms in total. The van der Waals surface area contributed by atoms with Crippen molar-refractivity contribution in [2.75, 3.05) is 11.5 Å². The fourth-order valence-electron chi connectivity index (χ4n) is 2.97. The fourth-order valence-corrected chi connectivity index (χ4v) is 4.27. The van der Waals surface area contributed by atoms with E-state index in [2.05, 4.69) is 6.58 Å². The molecule has 2 aromatic carbocycles. The number of carbonyl (C=O) groups excluding carboxylic acids is 1. The highest BCUT2D eigenvalue weighted by molar-refractivity contribution is 8.27. The first-order valence-electron chi connectivity index (χ1n) is 9.06. The van der Waals surface area contributed by atoms with Gasteiger partial charge in [0.2, 0.25) is 0 Å². The van der Waals surface area contributed by atoms with Crippen LogP contribution in [0.1, 0.15) is 28.4 Å². The fraction of sp³-hybridized carbons (Fsp3) is 0.136. The minimum atomic E-state index is -1.08. The lowest BCUT2D eigenvalue weighted by Gasteiger charge is -2.15. The molecular weight excluding hydrogens is 422 g/mol. The van der Waals surface area contributed by atoms with Crippen LogP contribution in [0.15, 0.2) is 54.0 Å². The summed E-state index contributed by atoms with van der Waals surface area (Å²) in [6, 6.07) is 9.48. The topological polar surface area (TPSA) is 87.1 Å². The Morgan fingerprint density at radius 2 is 2.10 bits per heavy atom. The van der Waals surface area contributed by atoms with Gasteiger partial charge in [0.05, 0.1) is 22.8 Å². The molecular formula is C22H19NO5S2. The quantitative estimate of drug-likeness (QED) is 0.368. The van der Waals surface area contributed by atoms with Gasteiger partial charge in [-0.1, -0.05) is 36.1 Å². The van der Waals surface area contributed by atoms with E-state index in [0.29, 0.717) is 44.8 Å². The van der Waals surface area contributed by atoms with Crippen LogP contribution in [-0.4, -0.2) is 33.0 Å². The number of aromatic hydroxyl groups is 1. The van der Waals surface area contributed by atoms with Crippen LogP contribution >= 0.6 is 24.0 Å². The average Bonchev–Trinajstić information content (AvgIpc) is 2.99. The maximum Gasteiger partial charge on any atom is 0.335 e. The van der Waals surface area contributed by atoms with Crippen LogP contribution in [-0.2, 0) is 11.2 Å². The summed E-state index contributed by atoms with van der Waals surface area (Å²) >= 11 is 6.49. The first-order valence-corrected chi connectivity index (χ1v) is 10.3. The highest BCUT2D eigenvalue weighted by Crippen LogP contribution is 2.38. The Labute approximate surface area is 183 Å². The summed E-state index contributed by atoms with van der Waals surface area (Å²) in [6.07, 6.45) is 3.79. The van der Waals surface area contributed by atoms with Crippen LogP contribution in [0.4, 0.5) is 5.69 Å².